The van der Waals surface area contributed by atoms with Gasteiger partial charge >= 0.3 is 5.97 Å². The number of nitrogens with one attached hydrogen (secondary N) is 1. The molecule has 2 atom stereocenters. The molecule has 0 amide bonds. The third kappa shape index (κ3) is 5.04. The van der Waals surface area contributed by atoms with Crippen LogP contribution in [0.2, 0.25) is 0 Å². The van der Waals surface area contributed by atoms with Gasteiger partial charge in [0.05, 0.1) is 13.5 Å². The molecule has 4 heteroatoms. The molecule has 0 saturated carbocycles. The van der Waals surface area contributed by atoms with E-state index in [0.717, 1.165) is 32.1 Å². The number of ether oxygens (including phenoxy) is 1. The van der Waals surface area contributed by atoms with E-state index in [1.807, 2.05) is 0 Å². The molecule has 0 aromatic rings. The first-order chi connectivity index (χ1) is 8.17. The summed E-state index contributed by atoms with van der Waals surface area (Å²) in [6.07, 6.45) is 3.06. The van der Waals surface area contributed by atoms with Crippen LogP contribution < -0.4 is 5.32 Å². The first-order valence-corrected chi connectivity index (χ1v) is 6.69. The SMILES string of the molecule is CCN(CC1CCCNC1)C(C)CC(=O)OC. The summed E-state index contributed by atoms with van der Waals surface area (Å²) < 4.78 is 4.73. The molecule has 1 aliphatic heterocycles. The number of carbonyl (C=O) groups is 1. The highest BCUT2D eigenvalue weighted by atomic mass is 16.5. The van der Waals surface area contributed by atoms with E-state index in [9.17, 15) is 4.79 Å². The number of hydrogen-bond donors (Lipinski definition) is 1. The van der Waals surface area contributed by atoms with Gasteiger partial charge in [-0.3, -0.25) is 4.79 Å². The van der Waals surface area contributed by atoms with Crippen molar-refractivity contribution in [2.75, 3.05) is 33.3 Å². The van der Waals surface area contributed by atoms with Crippen LogP contribution in [0.5, 0.6) is 0 Å². The maximum atomic E-state index is 11.3. The van der Waals surface area contributed by atoms with E-state index in [0.29, 0.717) is 6.42 Å². The van der Waals surface area contributed by atoms with Crippen molar-refractivity contribution in [3.05, 3.63) is 0 Å². The van der Waals surface area contributed by atoms with Crippen LogP contribution in [-0.4, -0.2) is 50.2 Å². The van der Waals surface area contributed by atoms with Crippen LogP contribution in [0.3, 0.4) is 0 Å². The minimum atomic E-state index is -0.113. The highest BCUT2D eigenvalue weighted by Gasteiger charge is 2.21. The predicted octanol–water partition coefficient (Wildman–Crippen LogP) is 1.26. The highest BCUT2D eigenvalue weighted by molar-refractivity contribution is 5.69. The Morgan fingerprint density at radius 1 is 1.59 bits per heavy atom. The zero-order valence-corrected chi connectivity index (χ0v) is 11.4. The Bertz CT molecular complexity index is 227. The molecular weight excluding hydrogens is 216 g/mol. The van der Waals surface area contributed by atoms with Gasteiger partial charge in [0.25, 0.3) is 0 Å². The molecular formula is C13H26N2O2. The number of carbonyl (C=O) groups excluding carboxylic acids is 1. The van der Waals surface area contributed by atoms with Gasteiger partial charge in [-0.05, 0) is 45.3 Å². The Balaban J connectivity index is 2.37. The van der Waals surface area contributed by atoms with Gasteiger partial charge in [-0.1, -0.05) is 6.92 Å². The molecule has 1 aliphatic rings. The molecule has 0 aliphatic carbocycles. The number of nitrogens with zero attached hydrogens (tertiary/aromatic N) is 1. The van der Waals surface area contributed by atoms with E-state index in [-0.39, 0.29) is 12.0 Å². The summed E-state index contributed by atoms with van der Waals surface area (Å²) in [6.45, 7) is 8.61. The smallest absolute Gasteiger partial charge is 0.307 e. The number of methoxy groups -OCH3 is 1. The summed E-state index contributed by atoms with van der Waals surface area (Å²) in [4.78, 5) is 13.7. The summed E-state index contributed by atoms with van der Waals surface area (Å²) in [7, 11) is 1.45. The van der Waals surface area contributed by atoms with Gasteiger partial charge in [0, 0.05) is 12.6 Å². The van der Waals surface area contributed by atoms with Crippen LogP contribution in [0.1, 0.15) is 33.1 Å². The summed E-state index contributed by atoms with van der Waals surface area (Å²) in [5.41, 5.74) is 0. The molecule has 17 heavy (non-hydrogen) atoms. The third-order valence-corrected chi connectivity index (χ3v) is 3.61. The van der Waals surface area contributed by atoms with Crippen LogP contribution in [0, 0.1) is 5.92 Å². The van der Waals surface area contributed by atoms with Crippen molar-refractivity contribution in [2.24, 2.45) is 5.92 Å². The van der Waals surface area contributed by atoms with Gasteiger partial charge in [0.15, 0.2) is 0 Å². The molecule has 0 aromatic heterocycles. The van der Waals surface area contributed by atoms with Crippen molar-refractivity contribution in [3.63, 3.8) is 0 Å². The number of rotatable bonds is 6. The number of esters is 1. The summed E-state index contributed by atoms with van der Waals surface area (Å²) >= 11 is 0. The van der Waals surface area contributed by atoms with E-state index in [4.69, 9.17) is 4.74 Å². The predicted molar refractivity (Wildman–Crippen MR) is 68.9 cm³/mol. The molecule has 2 unspecified atom stereocenters. The highest BCUT2D eigenvalue weighted by Crippen LogP contribution is 2.14. The van der Waals surface area contributed by atoms with Crippen LogP contribution in [0.4, 0.5) is 0 Å². The average molecular weight is 242 g/mol. The quantitative estimate of drug-likeness (QED) is 0.712. The Morgan fingerprint density at radius 3 is 2.88 bits per heavy atom. The lowest BCUT2D eigenvalue weighted by molar-refractivity contribution is -0.141. The van der Waals surface area contributed by atoms with E-state index >= 15 is 0 Å². The van der Waals surface area contributed by atoms with Gasteiger partial charge in [-0.25, -0.2) is 0 Å². The monoisotopic (exact) mass is 242 g/mol. The second kappa shape index (κ2) is 7.67. The van der Waals surface area contributed by atoms with E-state index in [1.165, 1.54) is 20.0 Å². The zero-order valence-electron chi connectivity index (χ0n) is 11.4. The lowest BCUT2D eigenvalue weighted by atomic mass is 9.98. The first kappa shape index (κ1) is 14.5. The largest absolute Gasteiger partial charge is 0.469 e. The Morgan fingerprint density at radius 2 is 2.35 bits per heavy atom. The van der Waals surface area contributed by atoms with E-state index in [1.54, 1.807) is 0 Å². The number of hydrogen-bond acceptors (Lipinski definition) is 4. The van der Waals surface area contributed by atoms with Crippen LogP contribution in [-0.2, 0) is 9.53 Å². The average Bonchev–Trinajstić information content (AvgIpc) is 2.36. The van der Waals surface area contributed by atoms with Gasteiger partial charge in [-0.2, -0.15) is 0 Å². The van der Waals surface area contributed by atoms with Gasteiger partial charge < -0.3 is 15.0 Å². The van der Waals surface area contributed by atoms with Crippen molar-refractivity contribution in [3.8, 4) is 0 Å². The van der Waals surface area contributed by atoms with Crippen LogP contribution >= 0.6 is 0 Å². The van der Waals surface area contributed by atoms with Gasteiger partial charge in [0.2, 0.25) is 0 Å². The summed E-state index contributed by atoms with van der Waals surface area (Å²) in [5, 5.41) is 3.44. The second-order valence-electron chi connectivity index (χ2n) is 4.93. The third-order valence-electron chi connectivity index (χ3n) is 3.61. The van der Waals surface area contributed by atoms with Crippen LogP contribution in [0.15, 0.2) is 0 Å². The standard InChI is InChI=1S/C13H26N2O2/c1-4-15(11(2)8-13(16)17-3)10-12-6-5-7-14-9-12/h11-12,14H,4-10H2,1-3H3. The summed E-state index contributed by atoms with van der Waals surface area (Å²) in [6, 6.07) is 0.273. The molecule has 1 fully saturated rings. The Hall–Kier alpha value is -0.610. The minimum absolute atomic E-state index is 0.113. The zero-order chi connectivity index (χ0) is 12.7. The fourth-order valence-corrected chi connectivity index (χ4v) is 2.49. The Kier molecular flexibility index (Phi) is 6.52. The van der Waals surface area contributed by atoms with E-state index in [2.05, 4.69) is 24.1 Å². The molecule has 100 valence electrons. The molecule has 1 N–H and O–H groups in total. The summed E-state index contributed by atoms with van der Waals surface area (Å²) in [5.74, 6) is 0.613. The van der Waals surface area contributed by atoms with Crippen molar-refractivity contribution in [2.45, 2.75) is 39.2 Å². The molecule has 0 aromatic carbocycles. The topological polar surface area (TPSA) is 41.6 Å². The van der Waals surface area contributed by atoms with Gasteiger partial charge in [-0.15, -0.1) is 0 Å². The first-order valence-electron chi connectivity index (χ1n) is 6.69. The Labute approximate surface area is 105 Å². The van der Waals surface area contributed by atoms with Crippen molar-refractivity contribution >= 4 is 5.97 Å². The van der Waals surface area contributed by atoms with Gasteiger partial charge in [0.1, 0.15) is 0 Å². The van der Waals surface area contributed by atoms with Crippen molar-refractivity contribution in [1.29, 1.82) is 0 Å². The lowest BCUT2D eigenvalue weighted by Gasteiger charge is -2.33. The fraction of sp³-hybridized carbons (Fsp3) is 0.923. The molecule has 1 rings (SSSR count). The fourth-order valence-electron chi connectivity index (χ4n) is 2.49. The van der Waals surface area contributed by atoms with Crippen LogP contribution in [0.25, 0.3) is 0 Å². The molecule has 0 radical (unpaired) electrons. The molecule has 1 heterocycles. The molecule has 0 spiro atoms. The normalized spacial score (nSPS) is 22.5. The minimum Gasteiger partial charge on any atom is -0.469 e. The molecule has 1 saturated heterocycles. The second-order valence-corrected chi connectivity index (χ2v) is 4.93. The number of piperidine rings is 1. The lowest BCUT2D eigenvalue weighted by Crippen LogP contribution is -2.42. The van der Waals surface area contributed by atoms with Crippen molar-refractivity contribution in [1.82, 2.24) is 10.2 Å². The molecule has 4 nitrogen and oxygen atoms in total. The van der Waals surface area contributed by atoms with E-state index < -0.39 is 0 Å². The van der Waals surface area contributed by atoms with Crippen molar-refractivity contribution < 1.29 is 9.53 Å². The maximum absolute atomic E-state index is 11.3. The molecule has 0 bridgehead atoms. The maximum Gasteiger partial charge on any atom is 0.307 e.